The number of nitrogens with zero attached hydrogens (tertiary/aromatic N) is 2. The topological polar surface area (TPSA) is 56.1 Å². The molecule has 0 aliphatic heterocycles. The fourth-order valence-electron chi connectivity index (χ4n) is 2.26. The lowest BCUT2D eigenvalue weighted by atomic mass is 10.2. The van der Waals surface area contributed by atoms with Gasteiger partial charge >= 0.3 is 0 Å². The Morgan fingerprint density at radius 3 is 2.95 bits per heavy atom. The van der Waals surface area contributed by atoms with Crippen molar-refractivity contribution in [3.63, 3.8) is 0 Å². The molecule has 112 valence electrons. The second kappa shape index (κ2) is 5.89. The molecule has 3 aromatic rings. The van der Waals surface area contributed by atoms with E-state index in [-0.39, 0.29) is 12.5 Å². The van der Waals surface area contributed by atoms with Crippen molar-refractivity contribution >= 4 is 22.6 Å². The molecule has 0 aliphatic carbocycles. The molecule has 0 aliphatic rings. The summed E-state index contributed by atoms with van der Waals surface area (Å²) in [5.74, 6) is 0.493. The predicted molar refractivity (Wildman–Crippen MR) is 86.0 cm³/mol. The van der Waals surface area contributed by atoms with Crippen LogP contribution in [0.15, 0.2) is 48.8 Å². The summed E-state index contributed by atoms with van der Waals surface area (Å²) in [7, 11) is 1.93. The molecule has 0 atom stereocenters. The van der Waals surface area contributed by atoms with Gasteiger partial charge in [0.1, 0.15) is 5.75 Å². The smallest absolute Gasteiger partial charge is 0.262 e. The van der Waals surface area contributed by atoms with Crippen LogP contribution in [0.1, 0.15) is 5.56 Å². The van der Waals surface area contributed by atoms with Crippen LogP contribution in [-0.2, 0) is 11.8 Å². The van der Waals surface area contributed by atoms with Crippen LogP contribution in [0.5, 0.6) is 5.75 Å². The number of carbonyl (C=O) groups excluding carboxylic acids is 1. The molecule has 2 aromatic carbocycles. The van der Waals surface area contributed by atoms with Crippen LogP contribution >= 0.6 is 0 Å². The number of nitrogens with one attached hydrogen (secondary N) is 1. The molecule has 0 bridgehead atoms. The van der Waals surface area contributed by atoms with Crippen LogP contribution in [0.2, 0.25) is 0 Å². The van der Waals surface area contributed by atoms with Gasteiger partial charge in [0.25, 0.3) is 5.91 Å². The molecule has 22 heavy (non-hydrogen) atoms. The van der Waals surface area contributed by atoms with Gasteiger partial charge in [-0.15, -0.1) is 0 Å². The number of hydrogen-bond acceptors (Lipinski definition) is 3. The quantitative estimate of drug-likeness (QED) is 0.805. The number of fused-ring (bicyclic) bond motifs is 1. The number of carbonyl (C=O) groups is 1. The molecule has 0 spiro atoms. The van der Waals surface area contributed by atoms with E-state index in [1.807, 2.05) is 61.0 Å². The van der Waals surface area contributed by atoms with Crippen molar-refractivity contribution < 1.29 is 9.53 Å². The van der Waals surface area contributed by atoms with Gasteiger partial charge in [-0.05, 0) is 42.8 Å². The molecule has 1 amide bonds. The summed E-state index contributed by atoms with van der Waals surface area (Å²) in [6.07, 6.45) is 1.75. The largest absolute Gasteiger partial charge is 0.484 e. The highest BCUT2D eigenvalue weighted by atomic mass is 16.5. The maximum absolute atomic E-state index is 12.0. The number of amides is 1. The van der Waals surface area contributed by atoms with Crippen molar-refractivity contribution in [2.75, 3.05) is 11.9 Å². The lowest BCUT2D eigenvalue weighted by Crippen LogP contribution is -2.20. The van der Waals surface area contributed by atoms with Crippen molar-refractivity contribution in [2.24, 2.45) is 7.05 Å². The number of hydrogen-bond donors (Lipinski definition) is 1. The average molecular weight is 295 g/mol. The molecule has 1 N–H and O–H groups in total. The third kappa shape index (κ3) is 3.09. The van der Waals surface area contributed by atoms with Gasteiger partial charge in [0.2, 0.25) is 0 Å². The minimum atomic E-state index is -0.197. The van der Waals surface area contributed by atoms with Gasteiger partial charge in [-0.2, -0.15) is 0 Å². The summed E-state index contributed by atoms with van der Waals surface area (Å²) in [6, 6.07) is 13.2. The van der Waals surface area contributed by atoms with Crippen LogP contribution in [-0.4, -0.2) is 22.1 Å². The van der Waals surface area contributed by atoms with Gasteiger partial charge in [0.15, 0.2) is 6.61 Å². The number of rotatable bonds is 4. The Bertz CT molecular complexity index is 824. The number of aryl methyl sites for hydroxylation is 2. The molecule has 0 unspecified atom stereocenters. The van der Waals surface area contributed by atoms with E-state index in [9.17, 15) is 4.79 Å². The Morgan fingerprint density at radius 1 is 1.27 bits per heavy atom. The molecule has 0 fully saturated rings. The molecular formula is C17H17N3O2. The van der Waals surface area contributed by atoms with E-state index in [0.29, 0.717) is 11.4 Å². The minimum absolute atomic E-state index is 0.0241. The van der Waals surface area contributed by atoms with Crippen LogP contribution in [0.4, 0.5) is 5.69 Å². The SMILES string of the molecule is Cc1cccc(OCC(=O)Nc2ccc3c(c2)ncn3C)c1. The summed E-state index contributed by atoms with van der Waals surface area (Å²) < 4.78 is 7.41. The maximum Gasteiger partial charge on any atom is 0.262 e. The monoisotopic (exact) mass is 295 g/mol. The average Bonchev–Trinajstić information content (AvgIpc) is 2.86. The first kappa shape index (κ1) is 14.1. The van der Waals surface area contributed by atoms with E-state index in [0.717, 1.165) is 16.6 Å². The molecule has 0 radical (unpaired) electrons. The number of benzene rings is 2. The first-order valence-electron chi connectivity index (χ1n) is 7.02. The van der Waals surface area contributed by atoms with E-state index < -0.39 is 0 Å². The summed E-state index contributed by atoms with van der Waals surface area (Å²) >= 11 is 0. The molecule has 1 aromatic heterocycles. The van der Waals surface area contributed by atoms with Crippen LogP contribution in [0.25, 0.3) is 11.0 Å². The lowest BCUT2D eigenvalue weighted by molar-refractivity contribution is -0.118. The zero-order valence-electron chi connectivity index (χ0n) is 12.5. The zero-order chi connectivity index (χ0) is 15.5. The second-order valence-electron chi connectivity index (χ2n) is 5.21. The fourth-order valence-corrected chi connectivity index (χ4v) is 2.26. The van der Waals surface area contributed by atoms with Gasteiger partial charge in [-0.25, -0.2) is 4.98 Å². The van der Waals surface area contributed by atoms with E-state index in [2.05, 4.69) is 10.3 Å². The summed E-state index contributed by atoms with van der Waals surface area (Å²) in [6.45, 7) is 1.96. The molecular weight excluding hydrogens is 278 g/mol. The van der Waals surface area contributed by atoms with Crippen molar-refractivity contribution in [1.82, 2.24) is 9.55 Å². The third-order valence-electron chi connectivity index (χ3n) is 3.37. The Labute approximate surface area is 128 Å². The number of imidazole rings is 1. The van der Waals surface area contributed by atoms with Crippen molar-refractivity contribution in [3.8, 4) is 5.75 Å². The molecule has 0 saturated carbocycles. The van der Waals surface area contributed by atoms with Gasteiger partial charge in [-0.3, -0.25) is 4.79 Å². The van der Waals surface area contributed by atoms with Gasteiger partial charge in [0.05, 0.1) is 17.4 Å². The molecule has 1 heterocycles. The normalized spacial score (nSPS) is 10.6. The Morgan fingerprint density at radius 2 is 2.14 bits per heavy atom. The van der Waals surface area contributed by atoms with Crippen LogP contribution in [0, 0.1) is 6.92 Å². The molecule has 3 rings (SSSR count). The van der Waals surface area contributed by atoms with Gasteiger partial charge in [0, 0.05) is 12.7 Å². The maximum atomic E-state index is 12.0. The Hall–Kier alpha value is -2.82. The van der Waals surface area contributed by atoms with E-state index in [1.165, 1.54) is 0 Å². The van der Waals surface area contributed by atoms with Crippen LogP contribution in [0.3, 0.4) is 0 Å². The first-order chi connectivity index (χ1) is 10.6. The second-order valence-corrected chi connectivity index (χ2v) is 5.21. The highest BCUT2D eigenvalue weighted by Gasteiger charge is 2.06. The third-order valence-corrected chi connectivity index (χ3v) is 3.37. The van der Waals surface area contributed by atoms with Gasteiger partial charge in [-0.1, -0.05) is 12.1 Å². The standard InChI is InChI=1S/C17H17N3O2/c1-12-4-3-5-14(8-12)22-10-17(21)19-13-6-7-16-15(9-13)18-11-20(16)2/h3-9,11H,10H2,1-2H3,(H,19,21). The summed E-state index contributed by atoms with van der Waals surface area (Å²) in [5.41, 5.74) is 3.68. The van der Waals surface area contributed by atoms with Crippen molar-refractivity contribution in [1.29, 1.82) is 0 Å². The zero-order valence-corrected chi connectivity index (χ0v) is 12.5. The molecule has 5 nitrogen and oxygen atoms in total. The van der Waals surface area contributed by atoms with E-state index in [1.54, 1.807) is 6.33 Å². The van der Waals surface area contributed by atoms with Gasteiger partial charge < -0.3 is 14.6 Å². The lowest BCUT2D eigenvalue weighted by Gasteiger charge is -2.08. The van der Waals surface area contributed by atoms with Crippen molar-refractivity contribution in [3.05, 3.63) is 54.4 Å². The highest BCUT2D eigenvalue weighted by Crippen LogP contribution is 2.17. The van der Waals surface area contributed by atoms with E-state index >= 15 is 0 Å². The predicted octanol–water partition coefficient (Wildman–Crippen LogP) is 2.90. The minimum Gasteiger partial charge on any atom is -0.484 e. The fraction of sp³-hybridized carbons (Fsp3) is 0.176. The van der Waals surface area contributed by atoms with Crippen molar-refractivity contribution in [2.45, 2.75) is 6.92 Å². The van der Waals surface area contributed by atoms with E-state index in [4.69, 9.17) is 4.74 Å². The molecule has 0 saturated heterocycles. The number of aromatic nitrogens is 2. The van der Waals surface area contributed by atoms with Crippen LogP contribution < -0.4 is 10.1 Å². The number of ether oxygens (including phenoxy) is 1. The highest BCUT2D eigenvalue weighted by molar-refractivity contribution is 5.94. The Kier molecular flexibility index (Phi) is 3.78. The molecule has 5 heteroatoms. The summed E-state index contributed by atoms with van der Waals surface area (Å²) in [4.78, 5) is 16.2. The number of anilines is 1. The first-order valence-corrected chi connectivity index (χ1v) is 7.02. The summed E-state index contributed by atoms with van der Waals surface area (Å²) in [5, 5.41) is 2.81. The Balaban J connectivity index is 1.63.